The summed E-state index contributed by atoms with van der Waals surface area (Å²) in [5.74, 6) is 0.168. The maximum atomic E-state index is 12.5. The number of Topliss-reactive ketones (excluding diaryl/α,β-unsaturated/α-hetero) is 1. The van der Waals surface area contributed by atoms with Crippen LogP contribution in [0.1, 0.15) is 54.4 Å². The zero-order chi connectivity index (χ0) is 13.0. The van der Waals surface area contributed by atoms with Gasteiger partial charge in [0.15, 0.2) is 5.78 Å². The molecule has 2 nitrogen and oxygen atoms in total. The van der Waals surface area contributed by atoms with Crippen LogP contribution in [0.3, 0.4) is 0 Å². The Labute approximate surface area is 109 Å². The SMILES string of the molecule is Cc1c(N)cccc1C(=O)/C1=C/CCCCCC1. The first-order valence-electron chi connectivity index (χ1n) is 6.79. The van der Waals surface area contributed by atoms with Gasteiger partial charge >= 0.3 is 0 Å². The fourth-order valence-corrected chi connectivity index (χ4v) is 2.47. The quantitative estimate of drug-likeness (QED) is 0.629. The van der Waals surface area contributed by atoms with Gasteiger partial charge in [0.25, 0.3) is 0 Å². The molecule has 2 heteroatoms. The van der Waals surface area contributed by atoms with E-state index >= 15 is 0 Å². The average Bonchev–Trinajstić information content (AvgIpc) is 2.31. The normalized spacial score (nSPS) is 19.5. The van der Waals surface area contributed by atoms with E-state index in [1.54, 1.807) is 0 Å². The molecule has 18 heavy (non-hydrogen) atoms. The molecule has 0 saturated carbocycles. The first kappa shape index (κ1) is 12.9. The third-order valence-corrected chi connectivity index (χ3v) is 3.70. The molecule has 2 N–H and O–H groups in total. The van der Waals surface area contributed by atoms with Crippen LogP contribution in [0.2, 0.25) is 0 Å². The van der Waals surface area contributed by atoms with E-state index in [-0.39, 0.29) is 5.78 Å². The summed E-state index contributed by atoms with van der Waals surface area (Å²) in [5, 5.41) is 0. The van der Waals surface area contributed by atoms with Crippen molar-refractivity contribution in [3.63, 3.8) is 0 Å². The predicted molar refractivity (Wildman–Crippen MR) is 75.7 cm³/mol. The van der Waals surface area contributed by atoms with Gasteiger partial charge in [-0.3, -0.25) is 4.79 Å². The van der Waals surface area contributed by atoms with Gasteiger partial charge in [-0.2, -0.15) is 0 Å². The van der Waals surface area contributed by atoms with Crippen LogP contribution < -0.4 is 5.73 Å². The molecule has 1 aliphatic carbocycles. The molecule has 0 fully saturated rings. The Kier molecular flexibility index (Phi) is 4.19. The number of carbonyl (C=O) groups is 1. The van der Waals surface area contributed by atoms with E-state index in [1.165, 1.54) is 19.3 Å². The summed E-state index contributed by atoms with van der Waals surface area (Å²) in [4.78, 5) is 12.5. The molecule has 0 bridgehead atoms. The molecule has 2 rings (SSSR count). The monoisotopic (exact) mass is 243 g/mol. The van der Waals surface area contributed by atoms with Crippen LogP contribution in [0.15, 0.2) is 29.8 Å². The molecule has 0 heterocycles. The predicted octanol–water partition coefficient (Wildman–Crippen LogP) is 4.04. The third kappa shape index (κ3) is 2.81. The van der Waals surface area contributed by atoms with Crippen molar-refractivity contribution < 1.29 is 4.79 Å². The van der Waals surface area contributed by atoms with Crippen LogP contribution in [0, 0.1) is 6.92 Å². The number of hydrogen-bond acceptors (Lipinski definition) is 2. The number of hydrogen-bond donors (Lipinski definition) is 1. The first-order valence-corrected chi connectivity index (χ1v) is 6.79. The molecule has 0 unspecified atom stereocenters. The zero-order valence-electron chi connectivity index (χ0n) is 11.0. The summed E-state index contributed by atoms with van der Waals surface area (Å²) in [6, 6.07) is 5.59. The first-order chi connectivity index (χ1) is 8.70. The maximum absolute atomic E-state index is 12.5. The second-order valence-electron chi connectivity index (χ2n) is 5.03. The minimum atomic E-state index is 0.168. The maximum Gasteiger partial charge on any atom is 0.189 e. The Morgan fingerprint density at radius 3 is 2.78 bits per heavy atom. The van der Waals surface area contributed by atoms with Gasteiger partial charge in [0.1, 0.15) is 0 Å². The molecule has 0 spiro atoms. The van der Waals surface area contributed by atoms with Crippen LogP contribution >= 0.6 is 0 Å². The van der Waals surface area contributed by atoms with E-state index in [4.69, 9.17) is 5.73 Å². The molecule has 0 atom stereocenters. The number of nitrogen functional groups attached to an aromatic ring is 1. The summed E-state index contributed by atoms with van der Waals surface area (Å²) >= 11 is 0. The van der Waals surface area contributed by atoms with Crippen LogP contribution in [0.4, 0.5) is 5.69 Å². The largest absolute Gasteiger partial charge is 0.398 e. The molecule has 96 valence electrons. The topological polar surface area (TPSA) is 43.1 Å². The van der Waals surface area contributed by atoms with Crippen LogP contribution in [0.5, 0.6) is 0 Å². The Morgan fingerprint density at radius 1 is 1.17 bits per heavy atom. The number of nitrogens with two attached hydrogens (primary N) is 1. The lowest BCUT2D eigenvalue weighted by atomic mass is 9.92. The number of ketones is 1. The molecule has 1 aromatic carbocycles. The lowest BCUT2D eigenvalue weighted by molar-refractivity contribution is 0.102. The molecule has 0 aromatic heterocycles. The minimum absolute atomic E-state index is 0.168. The minimum Gasteiger partial charge on any atom is -0.398 e. The lowest BCUT2D eigenvalue weighted by Gasteiger charge is -2.12. The van der Waals surface area contributed by atoms with Gasteiger partial charge in [-0.15, -0.1) is 0 Å². The van der Waals surface area contributed by atoms with Crippen molar-refractivity contribution in [3.05, 3.63) is 41.0 Å². The van der Waals surface area contributed by atoms with E-state index in [0.29, 0.717) is 5.69 Å². The van der Waals surface area contributed by atoms with Crippen molar-refractivity contribution in [1.29, 1.82) is 0 Å². The molecule has 0 amide bonds. The summed E-state index contributed by atoms with van der Waals surface area (Å²) in [7, 11) is 0. The number of benzene rings is 1. The molecule has 1 aliphatic rings. The fourth-order valence-electron chi connectivity index (χ4n) is 2.47. The van der Waals surface area contributed by atoms with Crippen LogP contribution in [-0.2, 0) is 0 Å². The summed E-state index contributed by atoms with van der Waals surface area (Å²) < 4.78 is 0. The third-order valence-electron chi connectivity index (χ3n) is 3.70. The Hall–Kier alpha value is -1.57. The lowest BCUT2D eigenvalue weighted by Crippen LogP contribution is -2.08. The summed E-state index contributed by atoms with van der Waals surface area (Å²) in [5.41, 5.74) is 9.22. The number of anilines is 1. The van der Waals surface area contributed by atoms with Crippen molar-refractivity contribution in [3.8, 4) is 0 Å². The second kappa shape index (κ2) is 5.85. The van der Waals surface area contributed by atoms with Crippen LogP contribution in [0.25, 0.3) is 0 Å². The Balaban J connectivity index is 2.26. The van der Waals surface area contributed by atoms with E-state index in [9.17, 15) is 4.79 Å². The van der Waals surface area contributed by atoms with E-state index in [0.717, 1.165) is 36.0 Å². The Bertz CT molecular complexity index is 474. The number of allylic oxidation sites excluding steroid dienone is 2. The van der Waals surface area contributed by atoms with Crippen molar-refractivity contribution >= 4 is 11.5 Å². The number of rotatable bonds is 2. The molecular weight excluding hydrogens is 222 g/mol. The summed E-state index contributed by atoms with van der Waals surface area (Å²) in [6.07, 6.45) is 8.92. The fraction of sp³-hybridized carbons (Fsp3) is 0.438. The van der Waals surface area contributed by atoms with Gasteiger partial charge in [0, 0.05) is 11.3 Å². The standard InChI is InChI=1S/C16H21NO/c1-12-14(10-7-11-15(12)17)16(18)13-8-5-3-2-4-6-9-13/h7-8,10-11H,2-6,9,17H2,1H3/b13-8+. The van der Waals surface area contributed by atoms with Crippen molar-refractivity contribution in [2.45, 2.75) is 45.4 Å². The van der Waals surface area contributed by atoms with Gasteiger partial charge in [-0.25, -0.2) is 0 Å². The van der Waals surface area contributed by atoms with E-state index in [2.05, 4.69) is 6.08 Å². The Morgan fingerprint density at radius 2 is 1.94 bits per heavy atom. The van der Waals surface area contributed by atoms with E-state index < -0.39 is 0 Å². The highest BCUT2D eigenvalue weighted by Gasteiger charge is 2.15. The van der Waals surface area contributed by atoms with Gasteiger partial charge in [-0.1, -0.05) is 31.1 Å². The van der Waals surface area contributed by atoms with Gasteiger partial charge < -0.3 is 5.73 Å². The highest BCUT2D eigenvalue weighted by Crippen LogP contribution is 2.24. The molecule has 0 radical (unpaired) electrons. The van der Waals surface area contributed by atoms with Gasteiger partial charge in [0.05, 0.1) is 0 Å². The van der Waals surface area contributed by atoms with Gasteiger partial charge in [0.2, 0.25) is 0 Å². The van der Waals surface area contributed by atoms with E-state index in [1.807, 2.05) is 25.1 Å². The highest BCUT2D eigenvalue weighted by molar-refractivity contribution is 6.10. The van der Waals surface area contributed by atoms with Crippen molar-refractivity contribution in [1.82, 2.24) is 0 Å². The number of carbonyl (C=O) groups excluding carboxylic acids is 1. The zero-order valence-corrected chi connectivity index (χ0v) is 11.0. The van der Waals surface area contributed by atoms with Gasteiger partial charge in [-0.05, 0) is 49.8 Å². The van der Waals surface area contributed by atoms with Crippen LogP contribution in [-0.4, -0.2) is 5.78 Å². The second-order valence-corrected chi connectivity index (χ2v) is 5.03. The highest BCUT2D eigenvalue weighted by atomic mass is 16.1. The average molecular weight is 243 g/mol. The van der Waals surface area contributed by atoms with Crippen molar-refractivity contribution in [2.75, 3.05) is 5.73 Å². The van der Waals surface area contributed by atoms with Crippen molar-refractivity contribution in [2.24, 2.45) is 0 Å². The summed E-state index contributed by atoms with van der Waals surface area (Å²) in [6.45, 7) is 1.92. The smallest absolute Gasteiger partial charge is 0.189 e. The molecule has 0 saturated heterocycles. The molecular formula is C16H21NO. The molecule has 0 aliphatic heterocycles. The molecule has 1 aromatic rings.